The Morgan fingerprint density at radius 2 is 1.76 bits per heavy atom. The van der Waals surface area contributed by atoms with Crippen molar-refractivity contribution in [1.29, 1.82) is 0 Å². The largest absolute Gasteiger partial charge is 0.478 e. The van der Waals surface area contributed by atoms with Gasteiger partial charge in [0.1, 0.15) is 4.48 Å². The van der Waals surface area contributed by atoms with Crippen LogP contribution in [0.15, 0.2) is 10.1 Å². The monoisotopic (exact) mass is 306 g/mol. The number of esters is 1. The van der Waals surface area contributed by atoms with E-state index in [9.17, 15) is 9.59 Å². The van der Waals surface area contributed by atoms with Gasteiger partial charge in [-0.25, -0.2) is 9.59 Å². The van der Waals surface area contributed by atoms with Crippen molar-refractivity contribution in [1.82, 2.24) is 0 Å². The lowest BCUT2D eigenvalue weighted by Crippen LogP contribution is -2.19. The molecule has 0 spiro atoms. The standard InChI is InChI=1S/C12H19BrO4/c1-5-7(3)9(11(14)15)10(13)12(16)17-8(4)6-2/h7-8H,5-6H2,1-4H3,(H,14,15). The maximum atomic E-state index is 11.7. The van der Waals surface area contributed by atoms with E-state index in [2.05, 4.69) is 15.9 Å². The Labute approximate surface area is 110 Å². The molecule has 0 aromatic rings. The molecule has 0 aromatic heterocycles. The van der Waals surface area contributed by atoms with Gasteiger partial charge in [0.2, 0.25) is 0 Å². The van der Waals surface area contributed by atoms with Crippen molar-refractivity contribution in [3.63, 3.8) is 0 Å². The fourth-order valence-corrected chi connectivity index (χ4v) is 1.81. The molecule has 0 amide bonds. The van der Waals surface area contributed by atoms with Crippen molar-refractivity contribution in [2.75, 3.05) is 0 Å². The van der Waals surface area contributed by atoms with E-state index in [1.165, 1.54) is 0 Å². The van der Waals surface area contributed by atoms with E-state index in [1.54, 1.807) is 13.8 Å². The normalized spacial score (nSPS) is 15.8. The minimum atomic E-state index is -1.09. The van der Waals surface area contributed by atoms with Crippen molar-refractivity contribution >= 4 is 27.9 Å². The molecule has 0 aromatic carbocycles. The molecule has 2 atom stereocenters. The average molecular weight is 307 g/mol. The molecule has 0 aliphatic rings. The third kappa shape index (κ3) is 4.89. The fraction of sp³-hybridized carbons (Fsp3) is 0.667. The van der Waals surface area contributed by atoms with Crippen LogP contribution >= 0.6 is 15.9 Å². The van der Waals surface area contributed by atoms with Gasteiger partial charge in [-0.1, -0.05) is 20.8 Å². The highest BCUT2D eigenvalue weighted by Gasteiger charge is 2.24. The number of carboxylic acids is 1. The second-order valence-corrected chi connectivity index (χ2v) is 4.76. The average Bonchev–Trinajstić information content (AvgIpc) is 2.27. The maximum absolute atomic E-state index is 11.7. The highest BCUT2D eigenvalue weighted by Crippen LogP contribution is 2.24. The van der Waals surface area contributed by atoms with Gasteiger partial charge in [-0.05, 0) is 41.6 Å². The molecule has 0 aliphatic carbocycles. The zero-order valence-corrected chi connectivity index (χ0v) is 12.2. The quantitative estimate of drug-likeness (QED) is 0.605. The lowest BCUT2D eigenvalue weighted by Gasteiger charge is -2.14. The van der Waals surface area contributed by atoms with Crippen LogP contribution < -0.4 is 0 Å². The topological polar surface area (TPSA) is 63.6 Å². The predicted molar refractivity (Wildman–Crippen MR) is 68.9 cm³/mol. The summed E-state index contributed by atoms with van der Waals surface area (Å²) in [5.41, 5.74) is 0.0702. The Bertz CT molecular complexity index is 322. The Kier molecular flexibility index (Phi) is 7.11. The van der Waals surface area contributed by atoms with Crippen LogP contribution in [0.5, 0.6) is 0 Å². The summed E-state index contributed by atoms with van der Waals surface area (Å²) < 4.78 is 5.09. The molecule has 2 unspecified atom stereocenters. The molecule has 1 N–H and O–H groups in total. The summed E-state index contributed by atoms with van der Waals surface area (Å²) in [5, 5.41) is 9.09. The van der Waals surface area contributed by atoms with Gasteiger partial charge in [0.05, 0.1) is 11.7 Å². The minimum Gasteiger partial charge on any atom is -0.478 e. The second kappa shape index (κ2) is 7.48. The molecule has 0 radical (unpaired) electrons. The molecule has 0 fully saturated rings. The van der Waals surface area contributed by atoms with Gasteiger partial charge in [0.15, 0.2) is 0 Å². The summed E-state index contributed by atoms with van der Waals surface area (Å²) in [4.78, 5) is 22.8. The van der Waals surface area contributed by atoms with Gasteiger partial charge in [0.25, 0.3) is 0 Å². The number of halogens is 1. The van der Waals surface area contributed by atoms with E-state index < -0.39 is 11.9 Å². The first-order valence-corrected chi connectivity index (χ1v) is 6.48. The first-order valence-electron chi connectivity index (χ1n) is 5.68. The molecule has 0 heterocycles. The second-order valence-electron chi connectivity index (χ2n) is 3.97. The van der Waals surface area contributed by atoms with Gasteiger partial charge < -0.3 is 9.84 Å². The molecule has 0 saturated heterocycles. The van der Waals surface area contributed by atoms with Crippen molar-refractivity contribution in [2.45, 2.75) is 46.6 Å². The number of carbonyl (C=O) groups excluding carboxylic acids is 1. The van der Waals surface area contributed by atoms with Crippen molar-refractivity contribution in [2.24, 2.45) is 5.92 Å². The number of hydrogen-bond acceptors (Lipinski definition) is 3. The number of rotatable bonds is 6. The summed E-state index contributed by atoms with van der Waals surface area (Å²) in [6, 6.07) is 0. The summed E-state index contributed by atoms with van der Waals surface area (Å²) >= 11 is 3.03. The van der Waals surface area contributed by atoms with Gasteiger partial charge in [-0.3, -0.25) is 0 Å². The summed E-state index contributed by atoms with van der Waals surface area (Å²) in [7, 11) is 0. The Morgan fingerprint density at radius 3 is 2.12 bits per heavy atom. The van der Waals surface area contributed by atoms with Crippen LogP contribution in [0.2, 0.25) is 0 Å². The number of carboxylic acid groups (broad SMARTS) is 1. The number of ether oxygens (including phenoxy) is 1. The third-order valence-corrected chi connectivity index (χ3v) is 3.39. The predicted octanol–water partition coefficient (Wildman–Crippen LogP) is 3.11. The molecule has 0 bridgehead atoms. The number of carbonyl (C=O) groups is 2. The molecule has 98 valence electrons. The molecule has 0 aliphatic heterocycles. The Balaban J connectivity index is 5.07. The first-order chi connectivity index (χ1) is 7.84. The van der Waals surface area contributed by atoms with Crippen LogP contribution in [0.1, 0.15) is 40.5 Å². The Hall–Kier alpha value is -0.840. The van der Waals surface area contributed by atoms with Gasteiger partial charge in [-0.15, -0.1) is 0 Å². The lowest BCUT2D eigenvalue weighted by atomic mass is 9.98. The zero-order chi connectivity index (χ0) is 13.6. The fourth-order valence-electron chi connectivity index (χ4n) is 1.15. The van der Waals surface area contributed by atoms with E-state index in [0.717, 1.165) is 0 Å². The highest BCUT2D eigenvalue weighted by molar-refractivity contribution is 9.12. The zero-order valence-electron chi connectivity index (χ0n) is 10.6. The molecule has 0 rings (SSSR count). The summed E-state index contributed by atoms with van der Waals surface area (Å²) in [6.07, 6.45) is 1.12. The van der Waals surface area contributed by atoms with E-state index in [1.807, 2.05) is 13.8 Å². The molecular weight excluding hydrogens is 288 g/mol. The smallest absolute Gasteiger partial charge is 0.346 e. The van der Waals surface area contributed by atoms with Crippen LogP contribution in [0.4, 0.5) is 0 Å². The number of hydrogen-bond donors (Lipinski definition) is 1. The molecule has 5 heteroatoms. The minimum absolute atomic E-state index is 0.0136. The first kappa shape index (κ1) is 16.2. The van der Waals surface area contributed by atoms with Gasteiger partial charge in [-0.2, -0.15) is 0 Å². The van der Waals surface area contributed by atoms with Crippen molar-refractivity contribution < 1.29 is 19.4 Å². The van der Waals surface area contributed by atoms with E-state index >= 15 is 0 Å². The number of aliphatic carboxylic acids is 1. The molecule has 0 saturated carbocycles. The molecule has 17 heavy (non-hydrogen) atoms. The van der Waals surface area contributed by atoms with E-state index in [4.69, 9.17) is 9.84 Å². The van der Waals surface area contributed by atoms with E-state index in [0.29, 0.717) is 12.8 Å². The van der Waals surface area contributed by atoms with Crippen molar-refractivity contribution in [3.8, 4) is 0 Å². The lowest BCUT2D eigenvalue weighted by molar-refractivity contribution is -0.143. The van der Waals surface area contributed by atoms with Crippen LogP contribution in [-0.2, 0) is 14.3 Å². The van der Waals surface area contributed by atoms with Gasteiger partial charge >= 0.3 is 11.9 Å². The summed E-state index contributed by atoms with van der Waals surface area (Å²) in [6.45, 7) is 7.29. The van der Waals surface area contributed by atoms with Crippen LogP contribution in [0.25, 0.3) is 0 Å². The highest BCUT2D eigenvalue weighted by atomic mass is 79.9. The van der Waals surface area contributed by atoms with Crippen molar-refractivity contribution in [3.05, 3.63) is 10.1 Å². The Morgan fingerprint density at radius 1 is 1.24 bits per heavy atom. The van der Waals surface area contributed by atoms with Crippen LogP contribution in [-0.4, -0.2) is 23.1 Å². The maximum Gasteiger partial charge on any atom is 0.346 e. The molecule has 4 nitrogen and oxygen atoms in total. The molecular formula is C12H19BrO4. The van der Waals surface area contributed by atoms with Crippen LogP contribution in [0, 0.1) is 5.92 Å². The third-order valence-electron chi connectivity index (χ3n) is 2.63. The van der Waals surface area contributed by atoms with Gasteiger partial charge in [0, 0.05) is 0 Å². The SMILES string of the molecule is CCC(C)OC(=O)C(Br)=C(C(=O)O)C(C)CC. The van der Waals surface area contributed by atoms with Crippen LogP contribution in [0.3, 0.4) is 0 Å². The van der Waals surface area contributed by atoms with E-state index in [-0.39, 0.29) is 22.1 Å². The summed E-state index contributed by atoms with van der Waals surface area (Å²) in [5.74, 6) is -1.91.